The molecule has 0 spiro atoms. The Morgan fingerprint density at radius 2 is 2.08 bits per heavy atom. The van der Waals surface area contributed by atoms with Crippen molar-refractivity contribution in [1.29, 1.82) is 0 Å². The molecule has 3 rings (SSSR count). The second-order valence-electron chi connectivity index (χ2n) is 7.30. The van der Waals surface area contributed by atoms with Crippen LogP contribution < -0.4 is 10.1 Å². The van der Waals surface area contributed by atoms with Crippen LogP contribution in [0.5, 0.6) is 5.75 Å². The molecule has 1 aromatic carbocycles. The van der Waals surface area contributed by atoms with Gasteiger partial charge in [0, 0.05) is 25.0 Å². The van der Waals surface area contributed by atoms with Gasteiger partial charge in [-0.05, 0) is 43.4 Å². The molecule has 2 atom stereocenters. The van der Waals surface area contributed by atoms with Crippen LogP contribution in [0.4, 0.5) is 0 Å². The standard InChI is InChI=1S/C20H28N2O3/c1-14-10-15(2)13-22(12-14)9-5-8-21-20(23)18-11-16-6-4-7-17(24-3)19(16)25-18/h4,6-7,11,14-15H,5,8-10,12-13H2,1-3H3,(H,21,23). The number of carbonyl (C=O) groups is 1. The lowest BCUT2D eigenvalue weighted by Gasteiger charge is -2.34. The molecule has 2 heterocycles. The van der Waals surface area contributed by atoms with Crippen molar-refractivity contribution in [1.82, 2.24) is 10.2 Å². The summed E-state index contributed by atoms with van der Waals surface area (Å²) in [5.41, 5.74) is 0.617. The number of amides is 1. The Morgan fingerprint density at radius 3 is 2.80 bits per heavy atom. The highest BCUT2D eigenvalue weighted by molar-refractivity contribution is 5.97. The number of nitrogens with zero attached hydrogens (tertiary/aromatic N) is 1. The van der Waals surface area contributed by atoms with Gasteiger partial charge >= 0.3 is 0 Å². The van der Waals surface area contributed by atoms with E-state index in [0.29, 0.717) is 23.6 Å². The Kier molecular flexibility index (Phi) is 5.63. The molecule has 0 aliphatic carbocycles. The zero-order valence-corrected chi connectivity index (χ0v) is 15.4. The molecule has 1 fully saturated rings. The van der Waals surface area contributed by atoms with Crippen molar-refractivity contribution < 1.29 is 13.9 Å². The number of hydrogen-bond donors (Lipinski definition) is 1. The van der Waals surface area contributed by atoms with E-state index in [2.05, 4.69) is 24.1 Å². The Labute approximate surface area is 149 Å². The van der Waals surface area contributed by atoms with E-state index in [-0.39, 0.29) is 5.91 Å². The normalized spacial score (nSPS) is 21.4. The second-order valence-corrected chi connectivity index (χ2v) is 7.30. The lowest BCUT2D eigenvalue weighted by Crippen LogP contribution is -2.40. The Balaban J connectivity index is 1.50. The van der Waals surface area contributed by atoms with Crippen molar-refractivity contribution in [2.45, 2.75) is 26.7 Å². The first kappa shape index (κ1) is 17.8. The maximum atomic E-state index is 12.3. The summed E-state index contributed by atoms with van der Waals surface area (Å²) in [7, 11) is 1.60. The number of carbonyl (C=O) groups excluding carboxylic acids is 1. The van der Waals surface area contributed by atoms with Gasteiger partial charge in [-0.2, -0.15) is 0 Å². The molecule has 1 aliphatic rings. The van der Waals surface area contributed by atoms with Gasteiger partial charge in [0.05, 0.1) is 7.11 Å². The van der Waals surface area contributed by atoms with Gasteiger partial charge in [-0.1, -0.05) is 26.0 Å². The number of methoxy groups -OCH3 is 1. The third-order valence-corrected chi connectivity index (χ3v) is 4.83. The molecule has 0 radical (unpaired) electrons. The van der Waals surface area contributed by atoms with E-state index in [1.54, 1.807) is 13.2 Å². The van der Waals surface area contributed by atoms with E-state index < -0.39 is 0 Å². The Morgan fingerprint density at radius 1 is 1.32 bits per heavy atom. The highest BCUT2D eigenvalue weighted by Gasteiger charge is 2.21. The van der Waals surface area contributed by atoms with Crippen molar-refractivity contribution in [3.63, 3.8) is 0 Å². The molecule has 1 saturated heterocycles. The van der Waals surface area contributed by atoms with Crippen LogP contribution in [-0.4, -0.2) is 44.1 Å². The van der Waals surface area contributed by atoms with Gasteiger partial charge in [-0.25, -0.2) is 0 Å². The fraction of sp³-hybridized carbons (Fsp3) is 0.550. The quantitative estimate of drug-likeness (QED) is 0.815. The summed E-state index contributed by atoms with van der Waals surface area (Å²) in [5.74, 6) is 2.34. The lowest BCUT2D eigenvalue weighted by atomic mass is 9.92. The largest absolute Gasteiger partial charge is 0.493 e. The minimum absolute atomic E-state index is 0.168. The number of ether oxygens (including phenoxy) is 1. The number of rotatable bonds is 6. The molecular weight excluding hydrogens is 316 g/mol. The van der Waals surface area contributed by atoms with E-state index >= 15 is 0 Å². The van der Waals surface area contributed by atoms with Gasteiger partial charge in [0.15, 0.2) is 17.1 Å². The average Bonchev–Trinajstić information content (AvgIpc) is 3.02. The molecule has 2 unspecified atom stereocenters. The molecule has 2 aromatic rings. The molecule has 0 saturated carbocycles. The summed E-state index contributed by atoms with van der Waals surface area (Å²) in [5, 5.41) is 3.83. The summed E-state index contributed by atoms with van der Waals surface area (Å²) >= 11 is 0. The molecule has 1 aliphatic heterocycles. The maximum Gasteiger partial charge on any atom is 0.287 e. The monoisotopic (exact) mass is 344 g/mol. The van der Waals surface area contributed by atoms with Gasteiger partial charge in [0.1, 0.15) is 0 Å². The number of likely N-dealkylation sites (tertiary alicyclic amines) is 1. The number of fused-ring (bicyclic) bond motifs is 1. The van der Waals surface area contributed by atoms with Crippen LogP contribution in [0.3, 0.4) is 0 Å². The van der Waals surface area contributed by atoms with Crippen molar-refractivity contribution in [2.75, 3.05) is 33.3 Å². The van der Waals surface area contributed by atoms with Gasteiger partial charge in [0.25, 0.3) is 5.91 Å². The van der Waals surface area contributed by atoms with Crippen LogP contribution in [0.15, 0.2) is 28.7 Å². The Bertz CT molecular complexity index is 715. The van der Waals surface area contributed by atoms with E-state index in [1.165, 1.54) is 19.5 Å². The third-order valence-electron chi connectivity index (χ3n) is 4.83. The van der Waals surface area contributed by atoms with E-state index in [9.17, 15) is 4.79 Å². The fourth-order valence-corrected chi connectivity index (χ4v) is 3.88. The summed E-state index contributed by atoms with van der Waals surface area (Å²) in [6.45, 7) is 8.67. The van der Waals surface area contributed by atoms with Gasteiger partial charge in [0.2, 0.25) is 0 Å². The molecule has 0 bridgehead atoms. The van der Waals surface area contributed by atoms with Crippen molar-refractivity contribution in [3.05, 3.63) is 30.0 Å². The van der Waals surface area contributed by atoms with Crippen LogP contribution >= 0.6 is 0 Å². The van der Waals surface area contributed by atoms with Crippen LogP contribution in [0.25, 0.3) is 11.0 Å². The second kappa shape index (κ2) is 7.91. The summed E-state index contributed by atoms with van der Waals surface area (Å²) in [4.78, 5) is 14.8. The van der Waals surface area contributed by atoms with Crippen molar-refractivity contribution in [2.24, 2.45) is 11.8 Å². The predicted molar refractivity (Wildman–Crippen MR) is 99.1 cm³/mol. The molecule has 136 valence electrons. The third kappa shape index (κ3) is 4.34. The van der Waals surface area contributed by atoms with E-state index in [4.69, 9.17) is 9.15 Å². The van der Waals surface area contributed by atoms with Crippen LogP contribution in [0, 0.1) is 11.8 Å². The van der Waals surface area contributed by atoms with Crippen molar-refractivity contribution >= 4 is 16.9 Å². The number of hydrogen-bond acceptors (Lipinski definition) is 4. The minimum Gasteiger partial charge on any atom is -0.493 e. The first-order valence-corrected chi connectivity index (χ1v) is 9.14. The summed E-state index contributed by atoms with van der Waals surface area (Å²) in [6.07, 6.45) is 2.28. The Hall–Kier alpha value is -2.01. The molecular formula is C20H28N2O3. The smallest absolute Gasteiger partial charge is 0.287 e. The van der Waals surface area contributed by atoms with E-state index in [0.717, 1.165) is 30.2 Å². The minimum atomic E-state index is -0.168. The van der Waals surface area contributed by atoms with Crippen LogP contribution in [0.1, 0.15) is 37.2 Å². The molecule has 1 aromatic heterocycles. The lowest BCUT2D eigenvalue weighted by molar-refractivity contribution is 0.0922. The van der Waals surface area contributed by atoms with Crippen LogP contribution in [-0.2, 0) is 0 Å². The zero-order valence-electron chi connectivity index (χ0n) is 15.4. The molecule has 1 amide bonds. The molecule has 1 N–H and O–H groups in total. The number of para-hydroxylation sites is 1. The fourth-order valence-electron chi connectivity index (χ4n) is 3.88. The van der Waals surface area contributed by atoms with Crippen molar-refractivity contribution in [3.8, 4) is 5.75 Å². The maximum absolute atomic E-state index is 12.3. The predicted octanol–water partition coefficient (Wildman–Crippen LogP) is 3.54. The first-order chi connectivity index (χ1) is 12.1. The summed E-state index contributed by atoms with van der Waals surface area (Å²) in [6, 6.07) is 7.39. The average molecular weight is 344 g/mol. The highest BCUT2D eigenvalue weighted by Crippen LogP contribution is 2.28. The molecule has 25 heavy (non-hydrogen) atoms. The van der Waals surface area contributed by atoms with Crippen LogP contribution in [0.2, 0.25) is 0 Å². The van der Waals surface area contributed by atoms with Gasteiger partial charge in [-0.3, -0.25) is 4.79 Å². The van der Waals surface area contributed by atoms with Gasteiger partial charge in [-0.15, -0.1) is 0 Å². The number of piperidine rings is 1. The summed E-state index contributed by atoms with van der Waals surface area (Å²) < 4.78 is 11.0. The zero-order chi connectivity index (χ0) is 17.8. The number of furan rings is 1. The van der Waals surface area contributed by atoms with Gasteiger partial charge < -0.3 is 19.4 Å². The molecule has 5 nitrogen and oxygen atoms in total. The molecule has 5 heteroatoms. The highest BCUT2D eigenvalue weighted by atomic mass is 16.5. The topological polar surface area (TPSA) is 54.7 Å². The number of nitrogens with one attached hydrogen (secondary N) is 1. The first-order valence-electron chi connectivity index (χ1n) is 9.14. The number of benzene rings is 1. The SMILES string of the molecule is COc1cccc2cc(C(=O)NCCCN3CC(C)CC(C)C3)oc12. The van der Waals surface area contributed by atoms with E-state index in [1.807, 2.05) is 18.2 Å².